The number of H-pyrrole nitrogens is 2. The molecule has 11 heteroatoms. The lowest BCUT2D eigenvalue weighted by Gasteiger charge is -2.15. The molecule has 178 valence electrons. The molecule has 2 aromatic heterocycles. The number of hydrogen-bond acceptors (Lipinski definition) is 7. The van der Waals surface area contributed by atoms with E-state index in [0.29, 0.717) is 27.7 Å². The number of nitrogens with zero attached hydrogens (tertiary/aromatic N) is 3. The summed E-state index contributed by atoms with van der Waals surface area (Å²) < 4.78 is 4.56. The number of nitrogens with one attached hydrogen (secondary N) is 3. The molecule has 3 heterocycles. The van der Waals surface area contributed by atoms with E-state index in [-0.39, 0.29) is 28.3 Å². The van der Waals surface area contributed by atoms with Crippen LogP contribution >= 0.6 is 0 Å². The van der Waals surface area contributed by atoms with Crippen molar-refractivity contribution >= 4 is 40.0 Å². The van der Waals surface area contributed by atoms with Crippen molar-refractivity contribution in [2.24, 2.45) is 0 Å². The van der Waals surface area contributed by atoms with Gasteiger partial charge in [-0.2, -0.15) is 5.26 Å². The van der Waals surface area contributed by atoms with Crippen LogP contribution in [-0.4, -0.2) is 32.8 Å². The maximum absolute atomic E-state index is 13.2. The van der Waals surface area contributed by atoms with Crippen LogP contribution in [0.4, 0.5) is 11.4 Å². The summed E-state index contributed by atoms with van der Waals surface area (Å²) in [6, 6.07) is 19.7. The minimum atomic E-state index is -0.786. The second kappa shape index (κ2) is 8.17. The van der Waals surface area contributed by atoms with Gasteiger partial charge in [0.05, 0.1) is 39.7 Å². The van der Waals surface area contributed by atoms with Crippen LogP contribution in [0.5, 0.6) is 0 Å². The average molecular weight is 490 g/mol. The lowest BCUT2D eigenvalue weighted by molar-refractivity contribution is 0.0925. The molecule has 0 bridgehead atoms. The summed E-state index contributed by atoms with van der Waals surface area (Å²) in [5.41, 5.74) is 2.37. The van der Waals surface area contributed by atoms with Crippen molar-refractivity contribution < 1.29 is 18.9 Å². The van der Waals surface area contributed by atoms with Gasteiger partial charge in [0, 0.05) is 10.9 Å². The van der Waals surface area contributed by atoms with E-state index in [1.165, 1.54) is 18.2 Å². The molecule has 0 radical (unpaired) electrons. The Morgan fingerprint density at radius 2 is 1.68 bits per heavy atom. The molecule has 11 nitrogen and oxygen atoms in total. The molecular weight excluding hydrogens is 476 g/mol. The Hall–Kier alpha value is -5.76. The Bertz CT molecular complexity index is 1840. The van der Waals surface area contributed by atoms with Crippen LogP contribution in [0.25, 0.3) is 22.3 Å². The van der Waals surface area contributed by atoms with Gasteiger partial charge in [-0.3, -0.25) is 23.9 Å². The Morgan fingerprint density at radius 3 is 2.35 bits per heavy atom. The number of aromatic amines is 2. The molecule has 0 spiro atoms. The van der Waals surface area contributed by atoms with Crippen LogP contribution in [0.2, 0.25) is 0 Å². The molecule has 1 aliphatic heterocycles. The lowest BCUT2D eigenvalue weighted by Crippen LogP contribution is -2.29. The van der Waals surface area contributed by atoms with E-state index in [1.807, 2.05) is 6.07 Å². The summed E-state index contributed by atoms with van der Waals surface area (Å²) in [4.78, 5) is 57.2. The molecule has 0 saturated heterocycles. The largest absolute Gasteiger partial charge is 0.439 e. The van der Waals surface area contributed by atoms with Gasteiger partial charge in [-0.1, -0.05) is 29.4 Å². The fraction of sp³-hybridized carbons (Fsp3) is 0. The molecule has 6 rings (SSSR count). The van der Waals surface area contributed by atoms with E-state index in [2.05, 4.69) is 25.0 Å². The van der Waals surface area contributed by atoms with Gasteiger partial charge in [-0.25, -0.2) is 9.69 Å². The molecule has 3 amide bonds. The fourth-order valence-electron chi connectivity index (χ4n) is 4.31. The van der Waals surface area contributed by atoms with Gasteiger partial charge in [0.25, 0.3) is 17.7 Å². The molecule has 0 atom stereocenters. The third-order valence-corrected chi connectivity index (χ3v) is 6.01. The van der Waals surface area contributed by atoms with E-state index in [9.17, 15) is 24.4 Å². The summed E-state index contributed by atoms with van der Waals surface area (Å²) in [5, 5.41) is 16.2. The highest BCUT2D eigenvalue weighted by Gasteiger charge is 2.37. The molecule has 0 unspecified atom stereocenters. The first-order valence-corrected chi connectivity index (χ1v) is 11.0. The highest BCUT2D eigenvalue weighted by Crippen LogP contribution is 2.34. The molecule has 37 heavy (non-hydrogen) atoms. The van der Waals surface area contributed by atoms with E-state index >= 15 is 0 Å². The maximum Gasteiger partial charge on any atom is 0.439 e. The van der Waals surface area contributed by atoms with Crippen molar-refractivity contribution in [2.75, 3.05) is 10.2 Å². The van der Waals surface area contributed by atoms with Crippen LogP contribution in [0, 0.1) is 11.3 Å². The van der Waals surface area contributed by atoms with Crippen LogP contribution in [0.1, 0.15) is 36.8 Å². The van der Waals surface area contributed by atoms with Gasteiger partial charge in [0.2, 0.25) is 0 Å². The van der Waals surface area contributed by atoms with Gasteiger partial charge >= 0.3 is 5.76 Å². The summed E-state index contributed by atoms with van der Waals surface area (Å²) in [5.74, 6) is -2.18. The zero-order chi connectivity index (χ0) is 25.7. The number of benzene rings is 3. The van der Waals surface area contributed by atoms with Gasteiger partial charge in [-0.15, -0.1) is 0 Å². The number of para-hydroxylation sites is 1. The van der Waals surface area contributed by atoms with Crippen molar-refractivity contribution in [2.45, 2.75) is 0 Å². The van der Waals surface area contributed by atoms with E-state index < -0.39 is 23.5 Å². The number of imide groups is 1. The van der Waals surface area contributed by atoms with Crippen LogP contribution in [-0.2, 0) is 0 Å². The lowest BCUT2D eigenvalue weighted by atomic mass is 10.1. The van der Waals surface area contributed by atoms with E-state index in [1.54, 1.807) is 48.5 Å². The number of anilines is 2. The zero-order valence-corrected chi connectivity index (χ0v) is 18.7. The SMILES string of the molecule is N#Cc1ccc(NC(=O)c2cc3cccc(N4C(=O)c5ccccc5C4=O)c3[nH]2)c(-c2noc(=O)[nH]2)c1. The number of carbonyl (C=O) groups is 3. The van der Waals surface area contributed by atoms with Crippen molar-refractivity contribution in [1.82, 2.24) is 15.1 Å². The summed E-state index contributed by atoms with van der Waals surface area (Å²) >= 11 is 0. The summed E-state index contributed by atoms with van der Waals surface area (Å²) in [7, 11) is 0. The molecule has 0 aliphatic carbocycles. The molecule has 1 aliphatic rings. The predicted octanol–water partition coefficient (Wildman–Crippen LogP) is 3.44. The molecular formula is C26H14N6O5. The first-order valence-electron chi connectivity index (χ1n) is 11.0. The number of amides is 3. The third-order valence-electron chi connectivity index (χ3n) is 6.01. The Labute approximate surface area is 206 Å². The zero-order valence-electron chi connectivity index (χ0n) is 18.7. The van der Waals surface area contributed by atoms with Crippen LogP contribution < -0.4 is 16.0 Å². The number of aromatic nitrogens is 3. The minimum Gasteiger partial charge on any atom is -0.349 e. The summed E-state index contributed by atoms with van der Waals surface area (Å²) in [6.45, 7) is 0. The second-order valence-corrected chi connectivity index (χ2v) is 8.19. The standard InChI is InChI=1S/C26H14N6O5/c27-12-13-8-9-18(17(10-13)22-30-26(36)37-31-22)29-23(33)19-11-14-4-3-7-20(21(14)28-19)32-24(34)15-5-1-2-6-16(15)25(32)35/h1-11,28H,(H,29,33)(H,30,31,36). The van der Waals surface area contributed by atoms with E-state index in [4.69, 9.17) is 0 Å². The summed E-state index contributed by atoms with van der Waals surface area (Å²) in [6.07, 6.45) is 0. The molecule has 3 N–H and O–H groups in total. The number of fused-ring (bicyclic) bond motifs is 2. The fourth-order valence-corrected chi connectivity index (χ4v) is 4.31. The number of hydrogen-bond donors (Lipinski definition) is 3. The van der Waals surface area contributed by atoms with Crippen LogP contribution in [0.3, 0.4) is 0 Å². The van der Waals surface area contributed by atoms with Crippen LogP contribution in [0.15, 0.2) is 76.0 Å². The normalized spacial score (nSPS) is 12.6. The molecule has 3 aromatic carbocycles. The first kappa shape index (κ1) is 21.8. The quantitative estimate of drug-likeness (QED) is 0.325. The van der Waals surface area contributed by atoms with Gasteiger partial charge in [-0.05, 0) is 42.5 Å². The highest BCUT2D eigenvalue weighted by atomic mass is 16.5. The number of nitriles is 1. The highest BCUT2D eigenvalue weighted by molar-refractivity contribution is 6.36. The minimum absolute atomic E-state index is 0.0435. The monoisotopic (exact) mass is 490 g/mol. The Morgan fingerprint density at radius 1 is 0.919 bits per heavy atom. The van der Waals surface area contributed by atoms with Crippen molar-refractivity contribution in [3.63, 3.8) is 0 Å². The molecule has 0 saturated carbocycles. The van der Waals surface area contributed by atoms with E-state index in [0.717, 1.165) is 4.90 Å². The predicted molar refractivity (Wildman–Crippen MR) is 131 cm³/mol. The topological polar surface area (TPSA) is 165 Å². The third kappa shape index (κ3) is 3.48. The van der Waals surface area contributed by atoms with Crippen molar-refractivity contribution in [1.29, 1.82) is 5.26 Å². The number of carbonyl (C=O) groups excluding carboxylic acids is 3. The van der Waals surface area contributed by atoms with Gasteiger partial charge in [0.1, 0.15) is 5.69 Å². The van der Waals surface area contributed by atoms with Gasteiger partial charge < -0.3 is 10.3 Å². The first-order chi connectivity index (χ1) is 17.9. The average Bonchev–Trinajstić information content (AvgIpc) is 3.61. The van der Waals surface area contributed by atoms with Crippen molar-refractivity contribution in [3.8, 4) is 17.5 Å². The van der Waals surface area contributed by atoms with Crippen molar-refractivity contribution in [3.05, 3.63) is 99.7 Å². The number of rotatable bonds is 4. The Balaban J connectivity index is 1.37. The molecule has 5 aromatic rings. The Kier molecular flexibility index (Phi) is 4.81. The molecule has 0 fully saturated rings. The second-order valence-electron chi connectivity index (χ2n) is 8.19. The maximum atomic E-state index is 13.2. The smallest absolute Gasteiger partial charge is 0.349 e. The van der Waals surface area contributed by atoms with Gasteiger partial charge in [0.15, 0.2) is 5.82 Å².